The Hall–Kier alpha value is -1.57. The van der Waals surface area contributed by atoms with Gasteiger partial charge >= 0.3 is 0 Å². The van der Waals surface area contributed by atoms with E-state index in [-0.39, 0.29) is 12.4 Å². The second-order valence-electron chi connectivity index (χ2n) is 4.77. The number of hydrogen-bond acceptors (Lipinski definition) is 5. The summed E-state index contributed by atoms with van der Waals surface area (Å²) in [5.74, 6) is -0.312. The maximum Gasteiger partial charge on any atom is 0.269 e. The van der Waals surface area contributed by atoms with Gasteiger partial charge in [0.05, 0.1) is 12.8 Å². The summed E-state index contributed by atoms with van der Waals surface area (Å²) in [4.78, 5) is 4.20. The number of hydrogen-bond donors (Lipinski definition) is 2. The highest BCUT2D eigenvalue weighted by Crippen LogP contribution is 2.11. The third kappa shape index (κ3) is 6.61. The van der Waals surface area contributed by atoms with Crippen LogP contribution in [0.5, 0.6) is 0 Å². The molecule has 1 heterocycles. The van der Waals surface area contributed by atoms with E-state index in [1.165, 1.54) is 0 Å². The Morgan fingerprint density at radius 1 is 1.19 bits per heavy atom. The van der Waals surface area contributed by atoms with Crippen LogP contribution in [-0.2, 0) is 15.9 Å². The molecule has 1 aliphatic heterocycles. The number of β-amino-alcohol motifs (C(OH)–C–C–N with tert-alkyl or cyclic N) is 1. The molecule has 1 aliphatic rings. The van der Waals surface area contributed by atoms with Gasteiger partial charge in [0.25, 0.3) is 10.1 Å². The zero-order valence-electron chi connectivity index (χ0n) is 12.3. The normalized spacial score (nSPS) is 17.6. The smallest absolute Gasteiger partial charge is 0.269 e. The molecule has 118 valence electrons. The standard InChI is InChI=1S/C7H14N2O.C7H8O3S/c1-7-8(2)3-4-9(7)5-6-10;8-11(9,10)6-7-4-2-1-3-5-7/h3-4,7,10H,5-6H2,1-2H3;1-5H,6H2,(H,8,9,10). The highest BCUT2D eigenvalue weighted by molar-refractivity contribution is 7.85. The molecule has 7 heteroatoms. The van der Waals surface area contributed by atoms with Crippen LogP contribution in [0.2, 0.25) is 0 Å². The van der Waals surface area contributed by atoms with Crippen molar-refractivity contribution in [1.82, 2.24) is 9.80 Å². The average molecular weight is 314 g/mol. The summed E-state index contributed by atoms with van der Waals surface area (Å²) >= 11 is 0. The maximum atomic E-state index is 10.4. The fraction of sp³-hybridized carbons (Fsp3) is 0.429. The van der Waals surface area contributed by atoms with Gasteiger partial charge in [-0.1, -0.05) is 30.3 Å². The Morgan fingerprint density at radius 3 is 2.24 bits per heavy atom. The first kappa shape index (κ1) is 17.5. The number of aliphatic hydroxyl groups is 1. The first-order chi connectivity index (χ1) is 9.83. The molecular formula is C14H22N2O4S. The van der Waals surface area contributed by atoms with E-state index >= 15 is 0 Å². The average Bonchev–Trinajstić information content (AvgIpc) is 2.71. The Balaban J connectivity index is 0.000000211. The zero-order chi connectivity index (χ0) is 15.9. The second kappa shape index (κ2) is 8.02. The van der Waals surface area contributed by atoms with Crippen molar-refractivity contribution in [3.8, 4) is 0 Å². The summed E-state index contributed by atoms with van der Waals surface area (Å²) in [7, 11) is -1.85. The van der Waals surface area contributed by atoms with E-state index in [0.29, 0.717) is 11.7 Å². The molecule has 21 heavy (non-hydrogen) atoms. The van der Waals surface area contributed by atoms with Crippen molar-refractivity contribution in [2.45, 2.75) is 18.8 Å². The fourth-order valence-corrected chi connectivity index (χ4v) is 2.45. The lowest BCUT2D eigenvalue weighted by Crippen LogP contribution is -2.35. The number of benzene rings is 1. The molecule has 0 spiro atoms. The summed E-state index contributed by atoms with van der Waals surface area (Å²) in [5, 5.41) is 8.64. The lowest BCUT2D eigenvalue weighted by molar-refractivity contribution is 0.159. The fourth-order valence-electron chi connectivity index (χ4n) is 1.84. The first-order valence-corrected chi connectivity index (χ1v) is 8.20. The molecule has 0 fully saturated rings. The number of aliphatic hydroxyl groups excluding tert-OH is 1. The van der Waals surface area contributed by atoms with Crippen molar-refractivity contribution in [3.63, 3.8) is 0 Å². The summed E-state index contributed by atoms with van der Waals surface area (Å²) in [6.45, 7) is 3.06. The van der Waals surface area contributed by atoms with Gasteiger partial charge in [-0.05, 0) is 12.5 Å². The highest BCUT2D eigenvalue weighted by atomic mass is 32.2. The molecule has 0 saturated carbocycles. The summed E-state index contributed by atoms with van der Waals surface area (Å²) < 4.78 is 29.2. The van der Waals surface area contributed by atoms with Gasteiger partial charge in [0.15, 0.2) is 0 Å². The molecule has 0 aliphatic carbocycles. The van der Waals surface area contributed by atoms with Crippen LogP contribution in [0.25, 0.3) is 0 Å². The van der Waals surface area contributed by atoms with E-state index in [9.17, 15) is 8.42 Å². The Morgan fingerprint density at radius 2 is 1.81 bits per heavy atom. The van der Waals surface area contributed by atoms with E-state index < -0.39 is 10.1 Å². The van der Waals surface area contributed by atoms with Gasteiger partial charge in [0.1, 0.15) is 5.75 Å². The van der Waals surface area contributed by atoms with Gasteiger partial charge in [-0.25, -0.2) is 0 Å². The summed E-state index contributed by atoms with van der Waals surface area (Å²) in [6, 6.07) is 8.52. The molecule has 2 N–H and O–H groups in total. The van der Waals surface area contributed by atoms with Gasteiger partial charge < -0.3 is 14.9 Å². The number of rotatable bonds is 4. The van der Waals surface area contributed by atoms with Crippen molar-refractivity contribution < 1.29 is 18.1 Å². The molecule has 1 unspecified atom stereocenters. The highest BCUT2D eigenvalue weighted by Gasteiger charge is 2.16. The minimum atomic E-state index is -3.88. The summed E-state index contributed by atoms with van der Waals surface area (Å²) in [6.07, 6.45) is 4.41. The molecular weight excluding hydrogens is 292 g/mol. The third-order valence-corrected chi connectivity index (χ3v) is 3.81. The van der Waals surface area contributed by atoms with Gasteiger partial charge in [0.2, 0.25) is 0 Å². The zero-order valence-corrected chi connectivity index (χ0v) is 13.1. The minimum Gasteiger partial charge on any atom is -0.395 e. The van der Waals surface area contributed by atoms with Gasteiger partial charge in [-0.2, -0.15) is 8.42 Å². The quantitative estimate of drug-likeness (QED) is 0.811. The summed E-state index contributed by atoms with van der Waals surface area (Å²) in [5.41, 5.74) is 0.593. The number of nitrogens with zero attached hydrogens (tertiary/aromatic N) is 2. The van der Waals surface area contributed by atoms with E-state index in [1.54, 1.807) is 30.3 Å². The molecule has 1 aromatic rings. The lowest BCUT2D eigenvalue weighted by atomic mass is 10.2. The first-order valence-electron chi connectivity index (χ1n) is 6.59. The van der Waals surface area contributed by atoms with E-state index in [1.807, 2.05) is 19.4 Å². The van der Waals surface area contributed by atoms with Crippen LogP contribution in [0.4, 0.5) is 0 Å². The van der Waals surface area contributed by atoms with E-state index in [4.69, 9.17) is 9.66 Å². The van der Waals surface area contributed by atoms with Crippen molar-refractivity contribution in [1.29, 1.82) is 0 Å². The molecule has 6 nitrogen and oxygen atoms in total. The van der Waals surface area contributed by atoms with Crippen LogP contribution in [0, 0.1) is 0 Å². The molecule has 2 rings (SSSR count). The predicted molar refractivity (Wildman–Crippen MR) is 81.9 cm³/mol. The van der Waals surface area contributed by atoms with Gasteiger partial charge in [-0.3, -0.25) is 4.55 Å². The van der Waals surface area contributed by atoms with E-state index in [2.05, 4.69) is 16.7 Å². The van der Waals surface area contributed by atoms with Crippen LogP contribution in [0.15, 0.2) is 42.7 Å². The topological polar surface area (TPSA) is 81.1 Å². The Kier molecular flexibility index (Phi) is 6.67. The SMILES string of the molecule is CC1N(C)C=CN1CCO.O=S(=O)(O)Cc1ccccc1. The van der Waals surface area contributed by atoms with Crippen LogP contribution in [0.1, 0.15) is 12.5 Å². The third-order valence-electron chi connectivity index (χ3n) is 3.11. The van der Waals surface area contributed by atoms with Crippen molar-refractivity contribution in [2.24, 2.45) is 0 Å². The minimum absolute atomic E-state index is 0.225. The van der Waals surface area contributed by atoms with Crippen LogP contribution < -0.4 is 0 Å². The van der Waals surface area contributed by atoms with Crippen molar-refractivity contribution in [3.05, 3.63) is 48.3 Å². The molecule has 0 bridgehead atoms. The molecule has 1 aromatic carbocycles. The van der Waals surface area contributed by atoms with Crippen LogP contribution in [-0.4, -0.2) is 54.2 Å². The van der Waals surface area contributed by atoms with Crippen molar-refractivity contribution in [2.75, 3.05) is 20.2 Å². The predicted octanol–water partition coefficient (Wildman–Crippen LogP) is 1.12. The van der Waals surface area contributed by atoms with Crippen LogP contribution in [0.3, 0.4) is 0 Å². The largest absolute Gasteiger partial charge is 0.395 e. The van der Waals surface area contributed by atoms with Crippen LogP contribution >= 0.6 is 0 Å². The molecule has 0 saturated heterocycles. The van der Waals surface area contributed by atoms with Gasteiger partial charge in [-0.15, -0.1) is 0 Å². The van der Waals surface area contributed by atoms with Crippen molar-refractivity contribution >= 4 is 10.1 Å². The Bertz CT molecular complexity index is 545. The molecule has 0 aromatic heterocycles. The molecule has 1 atom stereocenters. The maximum absolute atomic E-state index is 10.4. The Labute approximate surface area is 126 Å². The molecule has 0 amide bonds. The van der Waals surface area contributed by atoms with Gasteiger partial charge in [0, 0.05) is 26.0 Å². The monoisotopic (exact) mass is 314 g/mol. The molecule has 0 radical (unpaired) electrons. The van der Waals surface area contributed by atoms with E-state index in [0.717, 1.165) is 6.54 Å². The lowest BCUT2D eigenvalue weighted by Gasteiger charge is -2.26. The second-order valence-corrected chi connectivity index (χ2v) is 6.22.